The van der Waals surface area contributed by atoms with Crippen LogP contribution in [0.15, 0.2) is 34.7 Å². The monoisotopic (exact) mass is 302 g/mol. The summed E-state index contributed by atoms with van der Waals surface area (Å²) in [4.78, 5) is 10.5. The van der Waals surface area contributed by atoms with Gasteiger partial charge in [0, 0.05) is 5.56 Å². The Labute approximate surface area is 114 Å². The summed E-state index contributed by atoms with van der Waals surface area (Å²) in [5, 5.41) is 0. The molecule has 2 heterocycles. The molecule has 0 bridgehead atoms. The number of ether oxygens (including phenoxy) is 2. The van der Waals surface area contributed by atoms with Crippen LogP contribution in [0.5, 0.6) is 11.5 Å². The standard InChI is InChI=1S/C13H6F4O4/c14-12(15)13(16,17)21-11-5-7(1-3-10(11)20-12)9-4-2-8(6-18)19-9/h1-6H. The molecule has 1 aliphatic rings. The number of carbonyl (C=O) groups excluding carboxylic acids is 1. The molecule has 1 aromatic carbocycles. The van der Waals surface area contributed by atoms with Crippen molar-refractivity contribution in [2.24, 2.45) is 0 Å². The van der Waals surface area contributed by atoms with Crippen molar-refractivity contribution in [1.29, 1.82) is 0 Å². The van der Waals surface area contributed by atoms with Gasteiger partial charge in [0.05, 0.1) is 0 Å². The molecule has 0 radical (unpaired) electrons. The van der Waals surface area contributed by atoms with E-state index in [0.717, 1.165) is 12.1 Å². The van der Waals surface area contributed by atoms with Crippen molar-refractivity contribution < 1.29 is 36.2 Å². The number of alkyl halides is 4. The number of furan rings is 1. The Kier molecular flexibility index (Phi) is 2.72. The highest BCUT2D eigenvalue weighted by Gasteiger charge is 2.65. The van der Waals surface area contributed by atoms with Crippen LogP contribution in [0, 0.1) is 0 Å². The number of hydrogen-bond donors (Lipinski definition) is 0. The predicted octanol–water partition coefficient (Wildman–Crippen LogP) is 3.72. The molecule has 0 fully saturated rings. The SMILES string of the molecule is O=Cc1ccc(-c2ccc3c(c2)OC(F)(F)C(F)(F)O3)o1. The molecule has 0 atom stereocenters. The molecule has 3 rings (SSSR count). The molecule has 1 aliphatic heterocycles. The molecule has 0 unspecified atom stereocenters. The molecule has 0 aliphatic carbocycles. The molecular weight excluding hydrogens is 296 g/mol. The van der Waals surface area contributed by atoms with Gasteiger partial charge in [-0.15, -0.1) is 0 Å². The first-order valence-corrected chi connectivity index (χ1v) is 5.65. The second-order valence-corrected chi connectivity index (χ2v) is 4.22. The largest absolute Gasteiger partial charge is 0.507 e. The van der Waals surface area contributed by atoms with Gasteiger partial charge in [0.1, 0.15) is 5.76 Å². The van der Waals surface area contributed by atoms with Crippen LogP contribution in [0.1, 0.15) is 10.6 Å². The van der Waals surface area contributed by atoms with Gasteiger partial charge in [0.2, 0.25) is 0 Å². The highest BCUT2D eigenvalue weighted by Crippen LogP contribution is 2.47. The van der Waals surface area contributed by atoms with Crippen molar-refractivity contribution in [2.45, 2.75) is 12.2 Å². The molecule has 1 aromatic heterocycles. The number of aldehydes is 1. The van der Waals surface area contributed by atoms with Crippen molar-refractivity contribution in [3.63, 3.8) is 0 Å². The van der Waals surface area contributed by atoms with Crippen LogP contribution in [-0.4, -0.2) is 18.5 Å². The van der Waals surface area contributed by atoms with Crippen molar-refractivity contribution in [3.8, 4) is 22.8 Å². The summed E-state index contributed by atoms with van der Waals surface area (Å²) in [7, 11) is 0. The molecular formula is C13H6F4O4. The van der Waals surface area contributed by atoms with Gasteiger partial charge in [-0.1, -0.05) is 0 Å². The van der Waals surface area contributed by atoms with E-state index >= 15 is 0 Å². The van der Waals surface area contributed by atoms with E-state index in [-0.39, 0.29) is 17.1 Å². The lowest BCUT2D eigenvalue weighted by molar-refractivity contribution is -0.391. The lowest BCUT2D eigenvalue weighted by atomic mass is 10.1. The van der Waals surface area contributed by atoms with E-state index in [2.05, 4.69) is 9.47 Å². The molecule has 21 heavy (non-hydrogen) atoms. The Balaban J connectivity index is 2.01. The van der Waals surface area contributed by atoms with Crippen LogP contribution in [0.3, 0.4) is 0 Å². The van der Waals surface area contributed by atoms with Gasteiger partial charge in [-0.3, -0.25) is 4.79 Å². The Morgan fingerprint density at radius 1 is 0.905 bits per heavy atom. The third-order valence-corrected chi connectivity index (χ3v) is 2.79. The fourth-order valence-corrected chi connectivity index (χ4v) is 1.79. The van der Waals surface area contributed by atoms with Gasteiger partial charge in [0.15, 0.2) is 23.5 Å². The fourth-order valence-electron chi connectivity index (χ4n) is 1.79. The van der Waals surface area contributed by atoms with E-state index in [1.54, 1.807) is 0 Å². The summed E-state index contributed by atoms with van der Waals surface area (Å²) in [5.41, 5.74) is 0.270. The lowest BCUT2D eigenvalue weighted by Crippen LogP contribution is -2.52. The van der Waals surface area contributed by atoms with Gasteiger partial charge in [-0.25, -0.2) is 0 Å². The highest BCUT2D eigenvalue weighted by atomic mass is 19.3. The van der Waals surface area contributed by atoms with Crippen molar-refractivity contribution in [1.82, 2.24) is 0 Å². The maximum absolute atomic E-state index is 13.1. The van der Waals surface area contributed by atoms with Crippen molar-refractivity contribution in [2.75, 3.05) is 0 Å². The van der Waals surface area contributed by atoms with E-state index in [0.29, 0.717) is 6.29 Å². The maximum atomic E-state index is 13.1. The molecule has 8 heteroatoms. The van der Waals surface area contributed by atoms with Crippen LogP contribution >= 0.6 is 0 Å². The van der Waals surface area contributed by atoms with Crippen LogP contribution in [0.25, 0.3) is 11.3 Å². The third-order valence-electron chi connectivity index (χ3n) is 2.79. The average Bonchev–Trinajstić information content (AvgIpc) is 2.87. The fraction of sp³-hybridized carbons (Fsp3) is 0.154. The molecule has 0 amide bonds. The Hall–Kier alpha value is -2.51. The van der Waals surface area contributed by atoms with Crippen LogP contribution in [0.2, 0.25) is 0 Å². The normalized spacial score (nSPS) is 18.3. The Morgan fingerprint density at radius 2 is 1.57 bits per heavy atom. The number of halogens is 4. The number of fused-ring (bicyclic) bond motifs is 1. The molecule has 110 valence electrons. The van der Waals surface area contributed by atoms with E-state index in [1.807, 2.05) is 0 Å². The summed E-state index contributed by atoms with van der Waals surface area (Å²) < 4.78 is 65.2. The Morgan fingerprint density at radius 3 is 2.19 bits per heavy atom. The first-order valence-electron chi connectivity index (χ1n) is 5.65. The van der Waals surface area contributed by atoms with E-state index in [9.17, 15) is 22.4 Å². The van der Waals surface area contributed by atoms with E-state index < -0.39 is 23.7 Å². The molecule has 4 nitrogen and oxygen atoms in total. The number of hydrogen-bond acceptors (Lipinski definition) is 4. The Bertz CT molecular complexity index is 708. The molecule has 0 spiro atoms. The van der Waals surface area contributed by atoms with Crippen molar-refractivity contribution >= 4 is 6.29 Å². The van der Waals surface area contributed by atoms with Gasteiger partial charge < -0.3 is 13.9 Å². The first kappa shape index (κ1) is 13.5. The van der Waals surface area contributed by atoms with Gasteiger partial charge in [0.25, 0.3) is 0 Å². The van der Waals surface area contributed by atoms with Gasteiger partial charge >= 0.3 is 12.2 Å². The van der Waals surface area contributed by atoms with Gasteiger partial charge in [-0.2, -0.15) is 17.6 Å². The first-order chi connectivity index (χ1) is 9.82. The second kappa shape index (κ2) is 4.24. The van der Waals surface area contributed by atoms with Crippen LogP contribution in [-0.2, 0) is 0 Å². The summed E-state index contributed by atoms with van der Waals surface area (Å²) in [5.74, 6) is -0.828. The zero-order valence-corrected chi connectivity index (χ0v) is 10.1. The molecule has 0 N–H and O–H groups in total. The minimum atomic E-state index is -4.78. The predicted molar refractivity (Wildman–Crippen MR) is 60.7 cm³/mol. The summed E-state index contributed by atoms with van der Waals surface area (Å²) in [6, 6.07) is 6.24. The highest BCUT2D eigenvalue weighted by molar-refractivity contribution is 5.73. The summed E-state index contributed by atoms with van der Waals surface area (Å²) >= 11 is 0. The number of rotatable bonds is 2. The molecule has 0 saturated heterocycles. The summed E-state index contributed by atoms with van der Waals surface area (Å²) in [6.45, 7) is 0. The van der Waals surface area contributed by atoms with E-state index in [1.165, 1.54) is 18.2 Å². The topological polar surface area (TPSA) is 48.7 Å². The average molecular weight is 302 g/mol. The molecule has 2 aromatic rings. The number of carbonyl (C=O) groups is 1. The third kappa shape index (κ3) is 2.12. The summed E-state index contributed by atoms with van der Waals surface area (Å²) in [6.07, 6.45) is -9.07. The lowest BCUT2D eigenvalue weighted by Gasteiger charge is -2.31. The second-order valence-electron chi connectivity index (χ2n) is 4.22. The maximum Gasteiger partial charge on any atom is 0.507 e. The minimum Gasteiger partial charge on any atom is -0.453 e. The van der Waals surface area contributed by atoms with Gasteiger partial charge in [-0.05, 0) is 30.3 Å². The zero-order chi connectivity index (χ0) is 15.3. The quantitative estimate of drug-likeness (QED) is 0.626. The molecule has 0 saturated carbocycles. The van der Waals surface area contributed by atoms with Crippen LogP contribution in [0.4, 0.5) is 17.6 Å². The smallest absolute Gasteiger partial charge is 0.453 e. The van der Waals surface area contributed by atoms with E-state index in [4.69, 9.17) is 4.42 Å². The minimum absolute atomic E-state index is 0.0387. The number of benzene rings is 1. The zero-order valence-electron chi connectivity index (χ0n) is 10.1. The van der Waals surface area contributed by atoms with Crippen molar-refractivity contribution in [3.05, 3.63) is 36.1 Å². The van der Waals surface area contributed by atoms with Crippen LogP contribution < -0.4 is 9.47 Å².